The van der Waals surface area contributed by atoms with E-state index in [2.05, 4.69) is 45.0 Å². The minimum absolute atomic E-state index is 0.0176. The van der Waals surface area contributed by atoms with E-state index in [1.807, 2.05) is 52.8 Å². The fraction of sp³-hybridized carbons (Fsp3) is 0.448. The first-order valence-electron chi connectivity index (χ1n) is 13.2. The number of aromatic nitrogens is 2. The Kier molecular flexibility index (Phi) is 9.28. The molecule has 0 radical (unpaired) electrons. The number of halogens is 1. The second-order valence-electron chi connectivity index (χ2n) is 10.3. The first-order chi connectivity index (χ1) is 18.1. The Labute approximate surface area is 233 Å². The smallest absolute Gasteiger partial charge is 0.229 e. The number of piperidine rings is 1. The van der Waals surface area contributed by atoms with Crippen molar-refractivity contribution in [3.8, 4) is 5.75 Å². The zero-order chi connectivity index (χ0) is 27.4. The van der Waals surface area contributed by atoms with Crippen LogP contribution in [0.15, 0.2) is 41.4 Å². The maximum absolute atomic E-state index is 13.0. The summed E-state index contributed by atoms with van der Waals surface area (Å²) in [6.45, 7) is 14.1. The molecule has 0 bridgehead atoms. The number of ether oxygens (including phenoxy) is 1. The fourth-order valence-electron chi connectivity index (χ4n) is 4.74. The molecule has 3 aromatic rings. The summed E-state index contributed by atoms with van der Waals surface area (Å²) >= 11 is 6.49. The number of benzene rings is 2. The van der Waals surface area contributed by atoms with Crippen LogP contribution in [-0.2, 0) is 10.8 Å². The second-order valence-corrected chi connectivity index (χ2v) is 12.7. The predicted molar refractivity (Wildman–Crippen MR) is 158 cm³/mol. The van der Waals surface area contributed by atoms with Gasteiger partial charge in [0.1, 0.15) is 10.8 Å². The van der Waals surface area contributed by atoms with Crippen molar-refractivity contribution in [2.24, 2.45) is 0 Å². The summed E-state index contributed by atoms with van der Waals surface area (Å²) in [5, 5.41) is 10.4. The molecule has 1 aliphatic heterocycles. The number of anilines is 4. The van der Waals surface area contributed by atoms with Gasteiger partial charge in [-0.25, -0.2) is 4.98 Å². The van der Waals surface area contributed by atoms with Crippen LogP contribution in [0.5, 0.6) is 5.75 Å². The highest BCUT2D eigenvalue weighted by molar-refractivity contribution is 7.85. The molecule has 1 atom stereocenters. The van der Waals surface area contributed by atoms with Gasteiger partial charge in [0.25, 0.3) is 0 Å². The summed E-state index contributed by atoms with van der Waals surface area (Å²) in [5.74, 6) is 2.12. The van der Waals surface area contributed by atoms with Gasteiger partial charge in [0.05, 0.1) is 39.4 Å². The monoisotopic (exact) mass is 555 g/mol. The van der Waals surface area contributed by atoms with Crippen LogP contribution in [0.25, 0.3) is 0 Å². The molecule has 1 fully saturated rings. The molecule has 7 nitrogen and oxygen atoms in total. The Hall–Kier alpha value is -2.68. The minimum Gasteiger partial charge on any atom is -0.489 e. The van der Waals surface area contributed by atoms with E-state index in [-0.39, 0.29) is 11.4 Å². The lowest BCUT2D eigenvalue weighted by Gasteiger charge is -2.26. The lowest BCUT2D eigenvalue weighted by Crippen LogP contribution is -2.27. The molecule has 0 spiro atoms. The summed E-state index contributed by atoms with van der Waals surface area (Å²) in [4.78, 5) is 9.85. The molecule has 1 saturated heterocycles. The van der Waals surface area contributed by atoms with Crippen LogP contribution in [0.1, 0.15) is 63.1 Å². The molecule has 1 unspecified atom stereocenters. The molecule has 1 aromatic heterocycles. The van der Waals surface area contributed by atoms with Crippen LogP contribution in [0.4, 0.5) is 23.1 Å². The number of hydrogen-bond donors (Lipinski definition) is 3. The topological polar surface area (TPSA) is 88.2 Å². The fourth-order valence-corrected chi connectivity index (χ4v) is 6.07. The van der Waals surface area contributed by atoms with Gasteiger partial charge in [-0.3, -0.25) is 4.21 Å². The van der Waals surface area contributed by atoms with Crippen LogP contribution >= 0.6 is 11.6 Å². The lowest BCUT2D eigenvalue weighted by molar-refractivity contribution is 0.243. The van der Waals surface area contributed by atoms with Crippen molar-refractivity contribution in [2.45, 2.75) is 76.6 Å². The largest absolute Gasteiger partial charge is 0.489 e. The Morgan fingerprint density at radius 1 is 1.05 bits per heavy atom. The highest BCUT2D eigenvalue weighted by atomic mass is 35.5. The highest BCUT2D eigenvalue weighted by Crippen LogP contribution is 2.37. The average Bonchev–Trinajstić information content (AvgIpc) is 2.87. The molecule has 0 saturated carbocycles. The predicted octanol–water partition coefficient (Wildman–Crippen LogP) is 7.00. The SMILES string of the molecule is Cc1cc(Nc2ncc(Cl)c(Nc3cccc(C)c3S(=O)C(C)C)n2)c(OC(C)C)cc1C1CCNCC1. The highest BCUT2D eigenvalue weighted by Gasteiger charge is 2.21. The van der Waals surface area contributed by atoms with Crippen LogP contribution in [0, 0.1) is 13.8 Å². The van der Waals surface area contributed by atoms with Crippen molar-refractivity contribution in [3.05, 3.63) is 58.2 Å². The van der Waals surface area contributed by atoms with E-state index in [1.54, 1.807) is 6.20 Å². The van der Waals surface area contributed by atoms with Crippen molar-refractivity contribution >= 4 is 45.5 Å². The molecule has 204 valence electrons. The molecule has 0 amide bonds. The molecule has 3 N–H and O–H groups in total. The molecule has 2 aromatic carbocycles. The van der Waals surface area contributed by atoms with Gasteiger partial charge < -0.3 is 20.7 Å². The second kappa shape index (κ2) is 12.5. The van der Waals surface area contributed by atoms with Gasteiger partial charge in [-0.15, -0.1) is 0 Å². The standard InChI is InChI=1S/C29H38ClN5O2S/c1-17(2)37-26-15-22(21-10-12-31-13-11-21)20(6)14-25(26)34-29-32-16-23(30)28(35-29)33-24-9-7-8-19(5)27(24)38(36)18(3)4/h7-9,14-18,21,31H,10-13H2,1-6H3,(H2,32,33,34,35). The van der Waals surface area contributed by atoms with E-state index >= 15 is 0 Å². The van der Waals surface area contributed by atoms with Crippen molar-refractivity contribution in [3.63, 3.8) is 0 Å². The summed E-state index contributed by atoms with van der Waals surface area (Å²) in [7, 11) is -1.18. The van der Waals surface area contributed by atoms with Crippen molar-refractivity contribution in [2.75, 3.05) is 23.7 Å². The molecular weight excluding hydrogens is 518 g/mol. The van der Waals surface area contributed by atoms with E-state index in [1.165, 1.54) is 11.1 Å². The molecule has 0 aliphatic carbocycles. The van der Waals surface area contributed by atoms with Crippen LogP contribution in [-0.4, -0.2) is 38.6 Å². The third-order valence-corrected chi connectivity index (χ3v) is 8.67. The van der Waals surface area contributed by atoms with E-state index in [9.17, 15) is 4.21 Å². The molecular formula is C29H38ClN5O2S. The lowest BCUT2D eigenvalue weighted by atomic mass is 9.87. The van der Waals surface area contributed by atoms with Crippen LogP contribution in [0.2, 0.25) is 5.02 Å². The van der Waals surface area contributed by atoms with Gasteiger partial charge in [-0.05, 0) is 94.4 Å². The number of rotatable bonds is 9. The van der Waals surface area contributed by atoms with Gasteiger partial charge in [0.2, 0.25) is 5.95 Å². The maximum Gasteiger partial charge on any atom is 0.229 e. The third kappa shape index (κ3) is 6.65. The summed E-state index contributed by atoms with van der Waals surface area (Å²) in [6, 6.07) is 10.1. The Morgan fingerprint density at radius 3 is 2.47 bits per heavy atom. The molecule has 9 heteroatoms. The van der Waals surface area contributed by atoms with Gasteiger partial charge in [-0.1, -0.05) is 37.6 Å². The third-order valence-electron chi connectivity index (χ3n) is 6.59. The number of nitrogens with one attached hydrogen (secondary N) is 3. The molecule has 1 aliphatic rings. The van der Waals surface area contributed by atoms with Gasteiger partial charge >= 0.3 is 0 Å². The normalized spacial score (nSPS) is 15.1. The average molecular weight is 556 g/mol. The summed E-state index contributed by atoms with van der Waals surface area (Å²) < 4.78 is 19.3. The number of hydrogen-bond acceptors (Lipinski definition) is 7. The number of nitrogens with zero attached hydrogens (tertiary/aromatic N) is 2. The molecule has 2 heterocycles. The minimum atomic E-state index is -1.18. The van der Waals surface area contributed by atoms with E-state index in [0.29, 0.717) is 22.7 Å². The first kappa shape index (κ1) is 28.3. The summed E-state index contributed by atoms with van der Waals surface area (Å²) in [5.41, 5.74) is 5.01. The number of aryl methyl sites for hydroxylation is 2. The Balaban J connectivity index is 1.66. The summed E-state index contributed by atoms with van der Waals surface area (Å²) in [6.07, 6.45) is 3.82. The Bertz CT molecular complexity index is 1310. The van der Waals surface area contributed by atoms with Crippen LogP contribution in [0.3, 0.4) is 0 Å². The van der Waals surface area contributed by atoms with Crippen molar-refractivity contribution < 1.29 is 8.95 Å². The van der Waals surface area contributed by atoms with E-state index in [0.717, 1.165) is 53.5 Å². The zero-order valence-corrected chi connectivity index (χ0v) is 24.6. The quantitative estimate of drug-likeness (QED) is 0.262. The van der Waals surface area contributed by atoms with Crippen molar-refractivity contribution in [1.29, 1.82) is 0 Å². The first-order valence-corrected chi connectivity index (χ1v) is 14.8. The maximum atomic E-state index is 13.0. The molecule has 4 rings (SSSR count). The van der Waals surface area contributed by atoms with Gasteiger partial charge in [0, 0.05) is 5.25 Å². The molecule has 38 heavy (non-hydrogen) atoms. The van der Waals surface area contributed by atoms with Gasteiger partial charge in [0.15, 0.2) is 5.82 Å². The van der Waals surface area contributed by atoms with Gasteiger partial charge in [-0.2, -0.15) is 4.98 Å². The van der Waals surface area contributed by atoms with E-state index < -0.39 is 10.8 Å². The van der Waals surface area contributed by atoms with E-state index in [4.69, 9.17) is 16.3 Å². The van der Waals surface area contributed by atoms with Crippen LogP contribution < -0.4 is 20.7 Å². The van der Waals surface area contributed by atoms with Crippen molar-refractivity contribution in [1.82, 2.24) is 15.3 Å². The zero-order valence-electron chi connectivity index (χ0n) is 23.0. The Morgan fingerprint density at radius 2 is 1.79 bits per heavy atom.